The number of benzene rings is 2. The number of halogens is 2. The number of nitrogens with zero attached hydrogens (tertiary/aromatic N) is 2. The minimum atomic E-state index is -0.335. The zero-order chi connectivity index (χ0) is 22.8. The van der Waals surface area contributed by atoms with Gasteiger partial charge in [-0.25, -0.2) is 5.01 Å². The van der Waals surface area contributed by atoms with Crippen LogP contribution in [-0.2, 0) is 14.3 Å². The van der Waals surface area contributed by atoms with Crippen molar-refractivity contribution in [2.45, 2.75) is 39.2 Å². The first-order valence-corrected chi connectivity index (χ1v) is 11.3. The average Bonchev–Trinajstić information content (AvgIpc) is 2.78. The summed E-state index contributed by atoms with van der Waals surface area (Å²) in [6.07, 6.45) is 1.63. The minimum absolute atomic E-state index is 0.00435. The molecule has 1 fully saturated rings. The van der Waals surface area contributed by atoms with Crippen LogP contribution in [0.4, 0.5) is 0 Å². The molecule has 5 nitrogen and oxygen atoms in total. The molecular weight excluding hydrogens is 435 g/mol. The first-order valence-electron chi connectivity index (χ1n) is 10.5. The number of methoxy groups -OCH3 is 1. The molecule has 2 aromatic rings. The van der Waals surface area contributed by atoms with Gasteiger partial charge in [0.05, 0.1) is 25.5 Å². The predicted molar refractivity (Wildman–Crippen MR) is 125 cm³/mol. The second kappa shape index (κ2) is 12.7. The van der Waals surface area contributed by atoms with Crippen molar-refractivity contribution in [3.63, 3.8) is 0 Å². The molecule has 0 spiro atoms. The van der Waals surface area contributed by atoms with E-state index in [4.69, 9.17) is 27.9 Å². The molecule has 31 heavy (non-hydrogen) atoms. The first kappa shape index (κ1) is 25.2. The fourth-order valence-corrected chi connectivity index (χ4v) is 3.96. The molecule has 0 N–H and O–H groups in total. The summed E-state index contributed by atoms with van der Waals surface area (Å²) in [5.74, 6) is -0.658. The van der Waals surface area contributed by atoms with E-state index in [0.29, 0.717) is 11.4 Å². The molecule has 0 radical (unpaired) electrons. The molecule has 3 rings (SSSR count). The summed E-state index contributed by atoms with van der Waals surface area (Å²) >= 11 is 11.5. The average molecular weight is 465 g/mol. The van der Waals surface area contributed by atoms with Crippen molar-refractivity contribution in [3.05, 3.63) is 70.2 Å². The number of esters is 1. The lowest BCUT2D eigenvalue weighted by Gasteiger charge is -2.45. The highest BCUT2D eigenvalue weighted by molar-refractivity contribution is 6.30. The van der Waals surface area contributed by atoms with E-state index in [9.17, 15) is 9.59 Å². The molecule has 2 aromatic carbocycles. The van der Waals surface area contributed by atoms with Gasteiger partial charge in [0.2, 0.25) is 5.91 Å². The zero-order valence-corrected chi connectivity index (χ0v) is 19.8. The van der Waals surface area contributed by atoms with Gasteiger partial charge in [-0.15, -0.1) is 0 Å². The first-order chi connectivity index (χ1) is 14.9. The van der Waals surface area contributed by atoms with E-state index in [2.05, 4.69) is 0 Å². The standard InChI is InChI=1S/C18H25ClN2O3.C6H5Cl/c1-4-20(5-2)21-16(13-6-9-15(19)10-7-13)11-8-14(18(21)23)12-17(22)24-3;7-6-4-2-1-3-5-6/h6-7,9-10,14,16H,4-5,8,11-12H2,1-3H3;1-5H. The largest absolute Gasteiger partial charge is 0.469 e. The van der Waals surface area contributed by atoms with Crippen LogP contribution >= 0.6 is 23.2 Å². The Bertz CT molecular complexity index is 826. The molecule has 1 amide bonds. The van der Waals surface area contributed by atoms with Gasteiger partial charge in [-0.3, -0.25) is 14.6 Å². The van der Waals surface area contributed by atoms with Crippen LogP contribution in [0.3, 0.4) is 0 Å². The third kappa shape index (κ3) is 7.23. The smallest absolute Gasteiger partial charge is 0.306 e. The van der Waals surface area contributed by atoms with E-state index in [1.54, 1.807) is 0 Å². The highest BCUT2D eigenvalue weighted by atomic mass is 35.5. The number of hydrogen-bond donors (Lipinski definition) is 0. The number of carbonyl (C=O) groups excluding carboxylic acids is 2. The lowest BCUT2D eigenvalue weighted by Crippen LogP contribution is -2.53. The van der Waals surface area contributed by atoms with Gasteiger partial charge in [-0.1, -0.05) is 67.4 Å². The number of ether oxygens (including phenoxy) is 1. The van der Waals surface area contributed by atoms with Crippen LogP contribution in [0, 0.1) is 5.92 Å². The molecule has 2 atom stereocenters. The van der Waals surface area contributed by atoms with Gasteiger partial charge < -0.3 is 4.74 Å². The lowest BCUT2D eigenvalue weighted by molar-refractivity contribution is -0.169. The van der Waals surface area contributed by atoms with Crippen LogP contribution in [0.25, 0.3) is 0 Å². The van der Waals surface area contributed by atoms with Gasteiger partial charge in [-0.05, 0) is 42.7 Å². The fourth-order valence-electron chi connectivity index (χ4n) is 3.69. The molecule has 1 aliphatic heterocycles. The van der Waals surface area contributed by atoms with Gasteiger partial charge in [0.1, 0.15) is 0 Å². The zero-order valence-electron chi connectivity index (χ0n) is 18.3. The summed E-state index contributed by atoms with van der Waals surface area (Å²) in [6.45, 7) is 5.52. The van der Waals surface area contributed by atoms with E-state index < -0.39 is 0 Å². The number of piperidine rings is 1. The maximum atomic E-state index is 13.0. The van der Waals surface area contributed by atoms with Crippen LogP contribution < -0.4 is 0 Å². The van der Waals surface area contributed by atoms with E-state index in [0.717, 1.165) is 30.1 Å². The lowest BCUT2D eigenvalue weighted by atomic mass is 9.87. The van der Waals surface area contributed by atoms with Crippen molar-refractivity contribution in [2.24, 2.45) is 5.92 Å². The third-order valence-corrected chi connectivity index (χ3v) is 5.83. The summed E-state index contributed by atoms with van der Waals surface area (Å²) in [7, 11) is 1.36. The number of carbonyl (C=O) groups is 2. The minimum Gasteiger partial charge on any atom is -0.469 e. The summed E-state index contributed by atoms with van der Waals surface area (Å²) in [6, 6.07) is 17.1. The topological polar surface area (TPSA) is 49.9 Å². The van der Waals surface area contributed by atoms with Gasteiger partial charge in [0, 0.05) is 23.1 Å². The van der Waals surface area contributed by atoms with E-state index in [-0.39, 0.29) is 30.3 Å². The quantitative estimate of drug-likeness (QED) is 0.508. The number of hydrazine groups is 1. The van der Waals surface area contributed by atoms with E-state index in [1.165, 1.54) is 7.11 Å². The Labute approximate surface area is 194 Å². The maximum Gasteiger partial charge on any atom is 0.306 e. The van der Waals surface area contributed by atoms with Gasteiger partial charge >= 0.3 is 5.97 Å². The molecule has 0 saturated carbocycles. The summed E-state index contributed by atoms with van der Waals surface area (Å²) in [4.78, 5) is 24.6. The van der Waals surface area contributed by atoms with Crippen molar-refractivity contribution < 1.29 is 14.3 Å². The van der Waals surface area contributed by atoms with Crippen LogP contribution in [0.1, 0.15) is 44.7 Å². The SMILES string of the molecule is CCN(CC)N1C(=O)C(CC(=O)OC)CCC1c1ccc(Cl)cc1.Clc1ccccc1. The Balaban J connectivity index is 0.000000412. The Kier molecular flexibility index (Phi) is 10.3. The predicted octanol–water partition coefficient (Wildman–Crippen LogP) is 5.78. The number of rotatable bonds is 6. The normalized spacial score (nSPS) is 18.4. The molecule has 2 unspecified atom stereocenters. The van der Waals surface area contributed by atoms with Crippen molar-refractivity contribution in [1.82, 2.24) is 10.0 Å². The third-order valence-electron chi connectivity index (χ3n) is 5.32. The molecule has 168 valence electrons. The Morgan fingerprint density at radius 1 is 1.00 bits per heavy atom. The van der Waals surface area contributed by atoms with Crippen molar-refractivity contribution >= 4 is 35.1 Å². The summed E-state index contributed by atoms with van der Waals surface area (Å²) in [5.41, 5.74) is 1.07. The van der Waals surface area contributed by atoms with E-state index in [1.807, 2.05) is 78.5 Å². The van der Waals surface area contributed by atoms with Crippen molar-refractivity contribution in [3.8, 4) is 0 Å². The second-order valence-corrected chi connectivity index (χ2v) is 8.11. The van der Waals surface area contributed by atoms with E-state index >= 15 is 0 Å². The molecule has 7 heteroatoms. The maximum absolute atomic E-state index is 13.0. The molecular formula is C24H30Cl2N2O3. The molecule has 0 bridgehead atoms. The summed E-state index contributed by atoms with van der Waals surface area (Å²) < 4.78 is 4.74. The van der Waals surface area contributed by atoms with Crippen LogP contribution in [0.5, 0.6) is 0 Å². The number of hydrogen-bond acceptors (Lipinski definition) is 4. The summed E-state index contributed by atoms with van der Waals surface area (Å²) in [5, 5.41) is 5.34. The Hall–Kier alpha value is -2.08. The number of amides is 1. The molecule has 0 aromatic heterocycles. The van der Waals surface area contributed by atoms with Crippen molar-refractivity contribution in [1.29, 1.82) is 0 Å². The monoisotopic (exact) mass is 464 g/mol. The van der Waals surface area contributed by atoms with Gasteiger partial charge in [0.25, 0.3) is 0 Å². The van der Waals surface area contributed by atoms with Crippen LogP contribution in [-0.4, -0.2) is 42.1 Å². The molecule has 1 heterocycles. The molecule has 1 saturated heterocycles. The van der Waals surface area contributed by atoms with Gasteiger partial charge in [-0.2, -0.15) is 0 Å². The molecule has 0 aliphatic carbocycles. The van der Waals surface area contributed by atoms with Crippen molar-refractivity contribution in [2.75, 3.05) is 20.2 Å². The molecule has 1 aliphatic rings. The van der Waals surface area contributed by atoms with Crippen LogP contribution in [0.15, 0.2) is 54.6 Å². The highest BCUT2D eigenvalue weighted by Gasteiger charge is 2.39. The second-order valence-electron chi connectivity index (χ2n) is 7.24. The Morgan fingerprint density at radius 3 is 2.06 bits per heavy atom. The van der Waals surface area contributed by atoms with Crippen LogP contribution in [0.2, 0.25) is 10.0 Å². The van der Waals surface area contributed by atoms with Gasteiger partial charge in [0.15, 0.2) is 0 Å². The fraction of sp³-hybridized carbons (Fsp3) is 0.417. The highest BCUT2D eigenvalue weighted by Crippen LogP contribution is 2.37. The Morgan fingerprint density at radius 2 is 1.58 bits per heavy atom.